The zero-order valence-electron chi connectivity index (χ0n) is 27.5. The minimum atomic E-state index is -1.29. The predicted molar refractivity (Wildman–Crippen MR) is 176 cm³/mol. The van der Waals surface area contributed by atoms with Gasteiger partial charge in [0.1, 0.15) is 28.5 Å². The molecule has 0 saturated heterocycles. The number of esters is 2. The van der Waals surface area contributed by atoms with E-state index in [2.05, 4.69) is 4.40 Å². The molecule has 0 aliphatic heterocycles. The van der Waals surface area contributed by atoms with Gasteiger partial charge >= 0.3 is 11.9 Å². The lowest BCUT2D eigenvalue weighted by molar-refractivity contribution is 0.00570. The second-order valence-electron chi connectivity index (χ2n) is 13.4. The number of benzene rings is 2. The predicted octanol–water partition coefficient (Wildman–Crippen LogP) is 6.38. The summed E-state index contributed by atoms with van der Waals surface area (Å²) in [5.74, 6) is -0.732. The maximum atomic E-state index is 11.9. The maximum Gasteiger partial charge on any atom is 0.338 e. The Bertz CT molecular complexity index is 1280. The summed E-state index contributed by atoms with van der Waals surface area (Å²) in [5, 5.41) is 5.04. The van der Waals surface area contributed by atoms with Crippen molar-refractivity contribution in [2.45, 2.75) is 104 Å². The summed E-state index contributed by atoms with van der Waals surface area (Å²) in [4.78, 5) is 33.8. The Labute approximate surface area is 262 Å². The molecule has 11 heteroatoms. The van der Waals surface area contributed by atoms with Gasteiger partial charge in [0.2, 0.25) is 0 Å². The molecular weight excluding hydrogens is 588 g/mol. The third-order valence-electron chi connectivity index (χ3n) is 4.65. The SMILES string of the molecule is CC(C)(C)OC(=O)c1ccc(C=N[S@@](=O)C(C)(C)C)cc1.CC(C)(C)OC(=O)c1ccc(C=O)cc1.CC(C)(C)[S@@](N)=O. The van der Waals surface area contributed by atoms with Gasteiger partial charge in [0.15, 0.2) is 0 Å². The van der Waals surface area contributed by atoms with E-state index in [1.165, 1.54) is 0 Å². The Morgan fingerprint density at radius 2 is 0.977 bits per heavy atom. The van der Waals surface area contributed by atoms with Crippen LogP contribution in [0, 0.1) is 0 Å². The fraction of sp³-hybridized carbons (Fsp3) is 0.500. The Kier molecular flexibility index (Phi) is 15.6. The average molecular weight is 637 g/mol. The van der Waals surface area contributed by atoms with Gasteiger partial charge in [-0.15, -0.1) is 0 Å². The van der Waals surface area contributed by atoms with Gasteiger partial charge in [-0.3, -0.25) is 9.93 Å². The molecule has 2 aromatic rings. The first-order valence-corrected chi connectivity index (χ1v) is 15.9. The van der Waals surface area contributed by atoms with Crippen LogP contribution in [0.2, 0.25) is 0 Å². The highest BCUT2D eigenvalue weighted by Crippen LogP contribution is 2.15. The summed E-state index contributed by atoms with van der Waals surface area (Å²) in [6, 6.07) is 13.2. The van der Waals surface area contributed by atoms with Gasteiger partial charge in [0, 0.05) is 11.8 Å². The lowest BCUT2D eigenvalue weighted by atomic mass is 10.1. The molecule has 43 heavy (non-hydrogen) atoms. The molecule has 2 N–H and O–H groups in total. The summed E-state index contributed by atoms with van der Waals surface area (Å²) in [6.45, 7) is 22.0. The van der Waals surface area contributed by atoms with E-state index in [0.29, 0.717) is 16.7 Å². The number of nitrogens with two attached hydrogens (primary N) is 1. The molecule has 0 radical (unpaired) electrons. The van der Waals surface area contributed by atoms with Crippen molar-refractivity contribution in [3.05, 3.63) is 70.8 Å². The normalized spacial score (nSPS) is 13.4. The molecule has 0 fully saturated rings. The zero-order chi connectivity index (χ0) is 33.8. The first-order chi connectivity index (χ1) is 19.4. The maximum absolute atomic E-state index is 11.9. The largest absolute Gasteiger partial charge is 0.456 e. The van der Waals surface area contributed by atoms with Crippen molar-refractivity contribution >= 4 is 46.4 Å². The number of hydrogen-bond acceptors (Lipinski definition) is 7. The molecule has 2 aromatic carbocycles. The van der Waals surface area contributed by atoms with Crippen molar-refractivity contribution in [1.82, 2.24) is 0 Å². The Morgan fingerprint density at radius 3 is 1.23 bits per heavy atom. The molecule has 0 bridgehead atoms. The van der Waals surface area contributed by atoms with Crippen LogP contribution in [-0.2, 0) is 31.4 Å². The topological polar surface area (TPSA) is 142 Å². The van der Waals surface area contributed by atoms with Crippen LogP contribution < -0.4 is 5.14 Å². The molecule has 0 aliphatic rings. The van der Waals surface area contributed by atoms with E-state index in [4.69, 9.17) is 14.6 Å². The van der Waals surface area contributed by atoms with Gasteiger partial charge in [0.05, 0.1) is 31.6 Å². The van der Waals surface area contributed by atoms with E-state index in [9.17, 15) is 22.8 Å². The van der Waals surface area contributed by atoms with Gasteiger partial charge in [-0.25, -0.2) is 18.0 Å². The standard InChI is InChI=1S/C16H23NO3S.C12H14O3.C4H11NOS/c1-15(2,3)20-14(18)13-9-7-12(8-10-13)11-17-21(19)16(4,5)6;1-12(2,3)15-11(14)10-6-4-9(8-13)5-7-10;1-4(2,3)7(5)6/h7-11H,1-6H3;4-8H,1-3H3;5H2,1-3H3/t21-;;7-/m0.0/s1. The number of aldehydes is 1. The van der Waals surface area contributed by atoms with Crippen LogP contribution >= 0.6 is 0 Å². The molecular formula is C32H48N2O7S2. The Morgan fingerprint density at radius 1 is 0.651 bits per heavy atom. The fourth-order valence-electron chi connectivity index (χ4n) is 2.34. The molecule has 0 aliphatic carbocycles. The molecule has 0 aromatic heterocycles. The lowest BCUT2D eigenvalue weighted by Gasteiger charge is -2.19. The molecule has 2 rings (SSSR count). The monoisotopic (exact) mass is 636 g/mol. The highest BCUT2D eigenvalue weighted by molar-refractivity contribution is 7.85. The van der Waals surface area contributed by atoms with E-state index in [1.54, 1.807) is 54.7 Å². The number of nitrogens with zero attached hydrogens (tertiary/aromatic N) is 1. The fourth-order valence-corrected chi connectivity index (χ4v) is 2.88. The van der Waals surface area contributed by atoms with Crippen molar-refractivity contribution in [2.75, 3.05) is 0 Å². The van der Waals surface area contributed by atoms with Crippen molar-refractivity contribution in [2.24, 2.45) is 9.54 Å². The third-order valence-corrected chi connectivity index (χ3v) is 7.20. The van der Waals surface area contributed by atoms with E-state index < -0.39 is 33.2 Å². The van der Waals surface area contributed by atoms with Crippen LogP contribution in [0.25, 0.3) is 0 Å². The van der Waals surface area contributed by atoms with Crippen molar-refractivity contribution in [3.8, 4) is 0 Å². The van der Waals surface area contributed by atoms with Crippen LogP contribution in [0.4, 0.5) is 0 Å². The molecule has 0 heterocycles. The van der Waals surface area contributed by atoms with E-state index in [0.717, 1.165) is 11.8 Å². The summed E-state index contributed by atoms with van der Waals surface area (Å²) < 4.78 is 36.0. The van der Waals surface area contributed by atoms with Crippen LogP contribution in [-0.4, -0.2) is 53.6 Å². The molecule has 9 nitrogen and oxygen atoms in total. The van der Waals surface area contributed by atoms with Crippen LogP contribution in [0.3, 0.4) is 0 Å². The molecule has 0 saturated carbocycles. The lowest BCUT2D eigenvalue weighted by Crippen LogP contribution is -2.27. The van der Waals surface area contributed by atoms with E-state index >= 15 is 0 Å². The molecule has 0 unspecified atom stereocenters. The summed E-state index contributed by atoms with van der Waals surface area (Å²) in [5.41, 5.74) is 1.26. The third kappa shape index (κ3) is 18.3. The molecule has 2 atom stereocenters. The second-order valence-corrected chi connectivity index (χ2v) is 17.1. The Balaban J connectivity index is 0.000000696. The second kappa shape index (κ2) is 16.7. The number of rotatable bonds is 5. The van der Waals surface area contributed by atoms with Crippen LogP contribution in [0.1, 0.15) is 120 Å². The molecule has 240 valence electrons. The van der Waals surface area contributed by atoms with Crippen molar-refractivity contribution < 1.29 is 32.3 Å². The zero-order valence-corrected chi connectivity index (χ0v) is 29.1. The highest BCUT2D eigenvalue weighted by Gasteiger charge is 2.20. The first kappa shape index (κ1) is 40.0. The van der Waals surface area contributed by atoms with Gasteiger partial charge in [-0.1, -0.05) is 24.3 Å². The number of ether oxygens (including phenoxy) is 2. The molecule has 0 spiro atoms. The quantitative estimate of drug-likeness (QED) is 0.228. The van der Waals surface area contributed by atoms with E-state index in [1.807, 2.05) is 83.1 Å². The molecule has 0 amide bonds. The van der Waals surface area contributed by atoms with Gasteiger partial charge in [-0.05, 0) is 113 Å². The van der Waals surface area contributed by atoms with Gasteiger partial charge in [0.25, 0.3) is 0 Å². The Hall–Kier alpha value is -3.02. The van der Waals surface area contributed by atoms with E-state index in [-0.39, 0.29) is 21.4 Å². The average Bonchev–Trinajstić information content (AvgIpc) is 2.85. The highest BCUT2D eigenvalue weighted by atomic mass is 32.2. The van der Waals surface area contributed by atoms with Crippen LogP contribution in [0.15, 0.2) is 52.9 Å². The van der Waals surface area contributed by atoms with Crippen molar-refractivity contribution in [1.29, 1.82) is 0 Å². The minimum Gasteiger partial charge on any atom is -0.456 e. The van der Waals surface area contributed by atoms with Gasteiger partial charge in [-0.2, -0.15) is 4.40 Å². The number of carbonyl (C=O) groups excluding carboxylic acids is 3. The minimum absolute atomic E-state index is 0.250. The summed E-state index contributed by atoms with van der Waals surface area (Å²) in [7, 11) is -2.47. The first-order valence-electron chi connectivity index (χ1n) is 13.6. The number of hydrogen-bond donors (Lipinski definition) is 1. The van der Waals surface area contributed by atoms with Crippen molar-refractivity contribution in [3.63, 3.8) is 0 Å². The number of carbonyl (C=O) groups is 3. The summed E-state index contributed by atoms with van der Waals surface area (Å²) >= 11 is 0. The van der Waals surface area contributed by atoms with Gasteiger partial charge < -0.3 is 9.47 Å². The van der Waals surface area contributed by atoms with Crippen LogP contribution in [0.5, 0.6) is 0 Å². The summed E-state index contributed by atoms with van der Waals surface area (Å²) in [6.07, 6.45) is 2.29. The smallest absolute Gasteiger partial charge is 0.338 e.